The van der Waals surface area contributed by atoms with E-state index in [0.29, 0.717) is 0 Å². The van der Waals surface area contributed by atoms with E-state index in [1.54, 1.807) is 0 Å². The molecule has 2 aromatic rings. The van der Waals surface area contributed by atoms with Crippen LogP contribution in [-0.4, -0.2) is 23.2 Å². The van der Waals surface area contributed by atoms with Crippen LogP contribution in [-0.2, 0) is 12.8 Å². The average Bonchev–Trinajstić information content (AvgIpc) is 2.75. The third-order valence-electron chi connectivity index (χ3n) is 7.04. The van der Waals surface area contributed by atoms with Crippen LogP contribution in [0.3, 0.4) is 0 Å². The van der Waals surface area contributed by atoms with Crippen molar-refractivity contribution in [2.24, 2.45) is 22.9 Å². The predicted octanol–water partition coefficient (Wildman–Crippen LogP) is 4.81. The molecule has 2 aliphatic rings. The molecule has 2 saturated carbocycles. The van der Waals surface area contributed by atoms with Crippen molar-refractivity contribution in [1.29, 1.82) is 0 Å². The molecule has 180 valence electrons. The highest BCUT2D eigenvalue weighted by Crippen LogP contribution is 2.29. The summed E-state index contributed by atoms with van der Waals surface area (Å²) in [5, 5.41) is 0. The molecule has 0 saturated heterocycles. The third-order valence-corrected chi connectivity index (χ3v) is 7.04. The zero-order valence-electron chi connectivity index (χ0n) is 19.1. The highest BCUT2D eigenvalue weighted by Gasteiger charge is 2.35. The van der Waals surface area contributed by atoms with Crippen LogP contribution in [0, 0.1) is 0 Å². The summed E-state index contributed by atoms with van der Waals surface area (Å²) in [6.45, 7) is 0. The summed E-state index contributed by atoms with van der Waals surface area (Å²) in [4.78, 5) is 0. The first kappa shape index (κ1) is 29.3. The molecule has 0 unspecified atom stereocenters. The molecule has 0 spiro atoms. The molecule has 6 heteroatoms. The van der Waals surface area contributed by atoms with Gasteiger partial charge in [0.15, 0.2) is 0 Å². The predicted molar refractivity (Wildman–Crippen MR) is 148 cm³/mol. The van der Waals surface area contributed by atoms with Crippen molar-refractivity contribution in [3.05, 3.63) is 71.8 Å². The summed E-state index contributed by atoms with van der Waals surface area (Å²) in [6, 6.07) is 21.2. The van der Waals surface area contributed by atoms with Crippen LogP contribution in [0.2, 0.25) is 0 Å². The fourth-order valence-corrected chi connectivity index (χ4v) is 4.97. The minimum Gasteiger partial charge on any atom is -0.326 e. The Hall–Kier alpha value is -0.760. The van der Waals surface area contributed by atoms with Crippen LogP contribution < -0.4 is 22.9 Å². The van der Waals surface area contributed by atoms with E-state index in [9.17, 15) is 0 Å². The van der Waals surface area contributed by atoms with E-state index in [4.69, 9.17) is 22.9 Å². The molecule has 0 aliphatic heterocycles. The van der Waals surface area contributed by atoms with E-state index in [1.165, 1.54) is 36.8 Å². The van der Waals surface area contributed by atoms with E-state index >= 15 is 0 Å². The summed E-state index contributed by atoms with van der Waals surface area (Å²) in [7, 11) is 0. The van der Waals surface area contributed by atoms with Gasteiger partial charge >= 0.3 is 0 Å². The van der Waals surface area contributed by atoms with Crippen LogP contribution in [0.15, 0.2) is 60.7 Å². The molecule has 32 heavy (non-hydrogen) atoms. The van der Waals surface area contributed by atoms with Gasteiger partial charge in [0.2, 0.25) is 0 Å². The van der Waals surface area contributed by atoms with Crippen molar-refractivity contribution < 1.29 is 0 Å². The summed E-state index contributed by atoms with van der Waals surface area (Å²) >= 11 is 0. The van der Waals surface area contributed by atoms with Gasteiger partial charge in [-0.25, -0.2) is 0 Å². The second-order valence-electron chi connectivity index (χ2n) is 9.50. The standard InChI is InChI=1S/2C13H20N2.2BrH/c2*14-12-8-4-5-9-13(12,15)10-11-6-2-1-3-7-11;;/h2*1-3,6-7,12H,4-5,8-10,14-15H2;2*1H/t2*12-,13-;;/m00../s1. The summed E-state index contributed by atoms with van der Waals surface area (Å²) in [6.07, 6.45) is 11.0. The first-order valence-corrected chi connectivity index (χ1v) is 11.6. The summed E-state index contributed by atoms with van der Waals surface area (Å²) in [5.41, 5.74) is 27.3. The van der Waals surface area contributed by atoms with Gasteiger partial charge in [0, 0.05) is 23.2 Å². The van der Waals surface area contributed by atoms with Gasteiger partial charge in [-0.2, -0.15) is 0 Å². The minimum absolute atomic E-state index is 0. The lowest BCUT2D eigenvalue weighted by atomic mass is 9.75. The SMILES string of the molecule is Br.Br.N[C@H]1CCCC[C@]1(N)Cc1ccccc1.N[C@H]1CCCC[C@]1(N)Cc1ccccc1. The second-order valence-corrected chi connectivity index (χ2v) is 9.50. The minimum atomic E-state index is -0.181. The molecule has 0 bridgehead atoms. The monoisotopic (exact) mass is 568 g/mol. The van der Waals surface area contributed by atoms with Crippen LogP contribution in [0.25, 0.3) is 0 Å². The molecule has 0 heterocycles. The zero-order valence-corrected chi connectivity index (χ0v) is 22.6. The molecule has 8 N–H and O–H groups in total. The van der Waals surface area contributed by atoms with Gasteiger partial charge in [-0.15, -0.1) is 34.0 Å². The topological polar surface area (TPSA) is 104 Å². The fraction of sp³-hybridized carbons (Fsp3) is 0.538. The van der Waals surface area contributed by atoms with Gasteiger partial charge in [-0.05, 0) is 49.7 Å². The lowest BCUT2D eigenvalue weighted by Crippen LogP contribution is -2.58. The Morgan fingerprint density at radius 2 is 0.938 bits per heavy atom. The highest BCUT2D eigenvalue weighted by molar-refractivity contribution is 8.93. The number of benzene rings is 2. The molecule has 2 fully saturated rings. The van der Waals surface area contributed by atoms with E-state index < -0.39 is 0 Å². The average molecular weight is 570 g/mol. The van der Waals surface area contributed by atoms with E-state index in [1.807, 2.05) is 12.1 Å². The van der Waals surface area contributed by atoms with Crippen molar-refractivity contribution >= 4 is 34.0 Å². The Kier molecular flexibility index (Phi) is 12.6. The molecule has 2 aromatic carbocycles. The molecule has 4 nitrogen and oxygen atoms in total. The Bertz CT molecular complexity index is 695. The van der Waals surface area contributed by atoms with Gasteiger partial charge in [-0.1, -0.05) is 86.3 Å². The number of rotatable bonds is 4. The van der Waals surface area contributed by atoms with Crippen molar-refractivity contribution in [1.82, 2.24) is 0 Å². The fourth-order valence-electron chi connectivity index (χ4n) is 4.97. The van der Waals surface area contributed by atoms with Gasteiger partial charge in [-0.3, -0.25) is 0 Å². The van der Waals surface area contributed by atoms with Crippen LogP contribution in [0.1, 0.15) is 62.5 Å². The van der Waals surface area contributed by atoms with Crippen molar-refractivity contribution in [3.63, 3.8) is 0 Å². The Morgan fingerprint density at radius 1 is 0.594 bits per heavy atom. The van der Waals surface area contributed by atoms with E-state index in [0.717, 1.165) is 38.5 Å². The first-order valence-electron chi connectivity index (χ1n) is 11.6. The quantitative estimate of drug-likeness (QED) is 0.424. The van der Waals surface area contributed by atoms with Gasteiger partial charge in [0.25, 0.3) is 0 Å². The van der Waals surface area contributed by atoms with Gasteiger partial charge in [0.1, 0.15) is 0 Å². The molecular formula is C26H42Br2N4. The van der Waals surface area contributed by atoms with Crippen molar-refractivity contribution in [3.8, 4) is 0 Å². The number of hydrogen-bond donors (Lipinski definition) is 4. The second kappa shape index (κ2) is 13.8. The molecular weight excluding hydrogens is 528 g/mol. The lowest BCUT2D eigenvalue weighted by molar-refractivity contribution is 0.251. The maximum Gasteiger partial charge on any atom is 0.0348 e. The van der Waals surface area contributed by atoms with Crippen LogP contribution in [0.4, 0.5) is 0 Å². The Labute approximate surface area is 215 Å². The molecule has 4 rings (SSSR count). The van der Waals surface area contributed by atoms with Gasteiger partial charge in [0.05, 0.1) is 0 Å². The van der Waals surface area contributed by atoms with Crippen molar-refractivity contribution in [2.45, 2.75) is 87.4 Å². The molecule has 2 aliphatic carbocycles. The van der Waals surface area contributed by atoms with E-state index in [-0.39, 0.29) is 57.1 Å². The zero-order chi connectivity index (χ0) is 21.5. The first-order chi connectivity index (χ1) is 14.4. The Morgan fingerprint density at radius 3 is 1.25 bits per heavy atom. The molecule has 0 amide bonds. The van der Waals surface area contributed by atoms with Gasteiger partial charge < -0.3 is 22.9 Å². The maximum atomic E-state index is 6.41. The largest absolute Gasteiger partial charge is 0.326 e. The molecule has 0 radical (unpaired) electrons. The van der Waals surface area contributed by atoms with Crippen LogP contribution in [0.5, 0.6) is 0 Å². The Balaban J connectivity index is 0.000000301. The smallest absolute Gasteiger partial charge is 0.0348 e. The number of hydrogen-bond acceptors (Lipinski definition) is 4. The number of nitrogens with two attached hydrogens (primary N) is 4. The van der Waals surface area contributed by atoms with Crippen molar-refractivity contribution in [2.75, 3.05) is 0 Å². The maximum absolute atomic E-state index is 6.41. The summed E-state index contributed by atoms with van der Waals surface area (Å²) < 4.78 is 0. The molecule has 4 atom stereocenters. The normalized spacial score (nSPS) is 29.5. The summed E-state index contributed by atoms with van der Waals surface area (Å²) in [5.74, 6) is 0. The molecule has 0 aromatic heterocycles. The van der Waals surface area contributed by atoms with Crippen LogP contribution >= 0.6 is 34.0 Å². The third kappa shape index (κ3) is 8.23. The highest BCUT2D eigenvalue weighted by atomic mass is 79.9. The lowest BCUT2D eigenvalue weighted by Gasteiger charge is -2.39. The van der Waals surface area contributed by atoms with E-state index in [2.05, 4.69) is 48.5 Å². The number of halogens is 2.